The second kappa shape index (κ2) is 10.9. The molecule has 0 atom stereocenters. The summed E-state index contributed by atoms with van der Waals surface area (Å²) in [7, 11) is 0. The third kappa shape index (κ3) is 6.68. The first-order valence-corrected chi connectivity index (χ1v) is 10.2. The second-order valence-electron chi connectivity index (χ2n) is 6.60. The molecule has 0 unspecified atom stereocenters. The van der Waals surface area contributed by atoms with Crippen molar-refractivity contribution in [2.24, 2.45) is 0 Å². The fourth-order valence-electron chi connectivity index (χ4n) is 2.79. The highest BCUT2D eigenvalue weighted by molar-refractivity contribution is 7.80. The Morgan fingerprint density at radius 1 is 0.839 bits per heavy atom. The fourth-order valence-corrected chi connectivity index (χ4v) is 2.96. The van der Waals surface area contributed by atoms with Crippen LogP contribution in [-0.4, -0.2) is 30.1 Å². The molecular formula is C23H23N3O4S. The maximum absolute atomic E-state index is 12.0. The van der Waals surface area contributed by atoms with Crippen molar-refractivity contribution in [2.45, 2.75) is 13.3 Å². The molecule has 0 fully saturated rings. The number of benzene rings is 3. The molecule has 0 aliphatic carbocycles. The molecule has 0 radical (unpaired) electrons. The third-order valence-corrected chi connectivity index (χ3v) is 4.58. The minimum Gasteiger partial charge on any atom is -0.484 e. The predicted molar refractivity (Wildman–Crippen MR) is 123 cm³/mol. The van der Waals surface area contributed by atoms with Crippen molar-refractivity contribution in [2.75, 3.05) is 13.2 Å². The Morgan fingerprint density at radius 2 is 1.55 bits per heavy atom. The van der Waals surface area contributed by atoms with Gasteiger partial charge in [0, 0.05) is 5.39 Å². The number of rotatable bonds is 7. The van der Waals surface area contributed by atoms with E-state index >= 15 is 0 Å². The average Bonchev–Trinajstić information content (AvgIpc) is 2.80. The highest BCUT2D eigenvalue weighted by Crippen LogP contribution is 2.24. The summed E-state index contributed by atoms with van der Waals surface area (Å²) in [4.78, 5) is 23.9. The van der Waals surface area contributed by atoms with Crippen molar-refractivity contribution in [3.05, 3.63) is 72.3 Å². The average molecular weight is 438 g/mol. The zero-order valence-electron chi connectivity index (χ0n) is 17.0. The van der Waals surface area contributed by atoms with Crippen LogP contribution < -0.4 is 25.6 Å². The molecule has 0 aliphatic rings. The van der Waals surface area contributed by atoms with Crippen LogP contribution in [0.15, 0.2) is 66.7 Å². The zero-order valence-corrected chi connectivity index (χ0v) is 17.8. The van der Waals surface area contributed by atoms with Crippen LogP contribution in [0.3, 0.4) is 0 Å². The summed E-state index contributed by atoms with van der Waals surface area (Å²) in [6, 6.07) is 20.8. The highest BCUT2D eigenvalue weighted by atomic mass is 32.1. The smallest absolute Gasteiger partial charge is 0.276 e. The van der Waals surface area contributed by atoms with Crippen LogP contribution in [-0.2, 0) is 16.0 Å². The first-order valence-electron chi connectivity index (χ1n) is 9.76. The molecule has 31 heavy (non-hydrogen) atoms. The van der Waals surface area contributed by atoms with Crippen molar-refractivity contribution in [1.29, 1.82) is 0 Å². The van der Waals surface area contributed by atoms with Crippen molar-refractivity contribution < 1.29 is 19.1 Å². The molecule has 7 nitrogen and oxygen atoms in total. The van der Waals surface area contributed by atoms with Crippen molar-refractivity contribution in [1.82, 2.24) is 16.2 Å². The first-order chi connectivity index (χ1) is 15.0. The maximum Gasteiger partial charge on any atom is 0.276 e. The van der Waals surface area contributed by atoms with E-state index in [-0.39, 0.29) is 18.3 Å². The predicted octanol–water partition coefficient (Wildman–Crippen LogP) is 2.88. The number of ether oxygens (including phenoxy) is 2. The largest absolute Gasteiger partial charge is 0.484 e. The number of hydrazine groups is 1. The van der Waals surface area contributed by atoms with Gasteiger partial charge in [0.1, 0.15) is 11.5 Å². The molecule has 0 spiro atoms. The normalized spacial score (nSPS) is 10.2. The third-order valence-electron chi connectivity index (χ3n) is 4.38. The number of carbonyl (C=O) groups is 2. The molecule has 0 heterocycles. The summed E-state index contributed by atoms with van der Waals surface area (Å²) in [5, 5.41) is 4.31. The van der Waals surface area contributed by atoms with Gasteiger partial charge in [-0.3, -0.25) is 25.8 Å². The monoisotopic (exact) mass is 437 g/mol. The topological polar surface area (TPSA) is 88.7 Å². The number of hydrogen-bond donors (Lipinski definition) is 3. The van der Waals surface area contributed by atoms with Crippen molar-refractivity contribution >= 4 is 39.9 Å². The van der Waals surface area contributed by atoms with Gasteiger partial charge in [-0.05, 0) is 47.8 Å². The number of nitrogens with one attached hydrogen (secondary N) is 3. The summed E-state index contributed by atoms with van der Waals surface area (Å²) in [5.41, 5.74) is 6.03. The van der Waals surface area contributed by atoms with Crippen LogP contribution >= 0.6 is 12.2 Å². The van der Waals surface area contributed by atoms with Crippen molar-refractivity contribution in [3.63, 3.8) is 0 Å². The van der Waals surface area contributed by atoms with Gasteiger partial charge in [-0.2, -0.15) is 0 Å². The van der Waals surface area contributed by atoms with E-state index in [1.165, 1.54) is 5.56 Å². The van der Waals surface area contributed by atoms with E-state index in [0.717, 1.165) is 17.2 Å². The van der Waals surface area contributed by atoms with Gasteiger partial charge in [-0.15, -0.1) is 0 Å². The van der Waals surface area contributed by atoms with Crippen LogP contribution in [0.4, 0.5) is 0 Å². The first kappa shape index (κ1) is 22.0. The van der Waals surface area contributed by atoms with Crippen LogP contribution in [0.2, 0.25) is 0 Å². The SMILES string of the molecule is CCc1ccc(OCC(=O)NC(=S)NNC(=O)COc2cccc3ccccc23)cc1. The lowest BCUT2D eigenvalue weighted by Crippen LogP contribution is -2.50. The summed E-state index contributed by atoms with van der Waals surface area (Å²) in [5.74, 6) is 0.300. The zero-order chi connectivity index (χ0) is 22.1. The molecule has 0 aliphatic heterocycles. The van der Waals surface area contributed by atoms with Crippen molar-refractivity contribution in [3.8, 4) is 11.5 Å². The fraction of sp³-hybridized carbons (Fsp3) is 0.174. The molecule has 8 heteroatoms. The van der Waals surface area contributed by atoms with Gasteiger partial charge in [-0.1, -0.05) is 55.5 Å². The quantitative estimate of drug-likeness (QED) is 0.389. The van der Waals surface area contributed by atoms with Crippen LogP contribution in [0.25, 0.3) is 10.8 Å². The molecule has 0 bridgehead atoms. The molecule has 0 saturated heterocycles. The molecule has 0 saturated carbocycles. The molecule has 3 aromatic carbocycles. The van der Waals surface area contributed by atoms with Crippen LogP contribution in [0.1, 0.15) is 12.5 Å². The number of fused-ring (bicyclic) bond motifs is 1. The second-order valence-corrected chi connectivity index (χ2v) is 7.01. The number of amides is 2. The molecule has 3 N–H and O–H groups in total. The van der Waals surface area contributed by atoms with Crippen LogP contribution in [0, 0.1) is 0 Å². The van der Waals surface area contributed by atoms with E-state index in [9.17, 15) is 9.59 Å². The summed E-state index contributed by atoms with van der Waals surface area (Å²) in [6.07, 6.45) is 0.930. The molecule has 160 valence electrons. The Kier molecular flexibility index (Phi) is 7.78. The van der Waals surface area contributed by atoms with E-state index in [4.69, 9.17) is 21.7 Å². The maximum atomic E-state index is 12.0. The molecular weight excluding hydrogens is 414 g/mol. The molecule has 0 aromatic heterocycles. The molecule has 3 aromatic rings. The van der Waals surface area contributed by atoms with Gasteiger partial charge in [0.2, 0.25) is 0 Å². The Labute approximate surface area is 185 Å². The van der Waals surface area contributed by atoms with Gasteiger partial charge >= 0.3 is 0 Å². The van der Waals surface area contributed by atoms with Gasteiger partial charge in [0.05, 0.1) is 0 Å². The van der Waals surface area contributed by atoms with Gasteiger partial charge in [-0.25, -0.2) is 0 Å². The number of hydrogen-bond acceptors (Lipinski definition) is 5. The Bertz CT molecular complexity index is 1060. The summed E-state index contributed by atoms with van der Waals surface area (Å²) < 4.78 is 11.0. The minimum atomic E-state index is -0.447. The van der Waals surface area contributed by atoms with Gasteiger partial charge in [0.25, 0.3) is 11.8 Å². The standard InChI is InChI=1S/C23H23N3O4S/c1-2-16-10-12-18(13-11-16)29-14-21(27)24-23(31)26-25-22(28)15-30-20-9-5-7-17-6-3-4-8-19(17)20/h3-13H,2,14-15H2,1H3,(H,25,28)(H2,24,26,27,31). The lowest BCUT2D eigenvalue weighted by molar-refractivity contribution is -0.124. The highest BCUT2D eigenvalue weighted by Gasteiger charge is 2.09. The van der Waals surface area contributed by atoms with E-state index in [1.807, 2.05) is 48.5 Å². The van der Waals surface area contributed by atoms with E-state index in [0.29, 0.717) is 11.5 Å². The Morgan fingerprint density at radius 3 is 2.32 bits per heavy atom. The van der Waals surface area contributed by atoms with E-state index in [1.54, 1.807) is 18.2 Å². The summed E-state index contributed by atoms with van der Waals surface area (Å²) in [6.45, 7) is 1.64. The Balaban J connectivity index is 1.37. The number of thiocarbonyl (C=S) groups is 1. The lowest BCUT2D eigenvalue weighted by Gasteiger charge is -2.12. The van der Waals surface area contributed by atoms with Crippen LogP contribution in [0.5, 0.6) is 11.5 Å². The minimum absolute atomic E-state index is 0.0477. The van der Waals surface area contributed by atoms with E-state index < -0.39 is 11.8 Å². The summed E-state index contributed by atoms with van der Waals surface area (Å²) >= 11 is 5.00. The number of carbonyl (C=O) groups excluding carboxylic acids is 2. The lowest BCUT2D eigenvalue weighted by atomic mass is 10.1. The molecule has 3 rings (SSSR count). The van der Waals surface area contributed by atoms with Gasteiger partial charge < -0.3 is 9.47 Å². The van der Waals surface area contributed by atoms with Gasteiger partial charge in [0.15, 0.2) is 18.3 Å². The number of aryl methyl sites for hydroxylation is 1. The van der Waals surface area contributed by atoms with E-state index in [2.05, 4.69) is 23.1 Å². The molecule has 2 amide bonds. The Hall–Kier alpha value is -3.65.